The van der Waals surface area contributed by atoms with Crippen LogP contribution in [0.25, 0.3) is 10.1 Å². The minimum absolute atomic E-state index is 0.257. The first-order valence-electron chi connectivity index (χ1n) is 7.43. The van der Waals surface area contributed by atoms with Crippen LogP contribution in [0.1, 0.15) is 29.9 Å². The molecule has 6 nitrogen and oxygen atoms in total. The van der Waals surface area contributed by atoms with Crippen LogP contribution >= 0.6 is 11.3 Å². The molecule has 0 saturated carbocycles. The van der Waals surface area contributed by atoms with Crippen LogP contribution in [0.15, 0.2) is 18.2 Å². The van der Waals surface area contributed by atoms with Crippen LogP contribution in [0.2, 0.25) is 0 Å². The van der Waals surface area contributed by atoms with E-state index in [-0.39, 0.29) is 6.03 Å². The van der Waals surface area contributed by atoms with E-state index in [1.165, 1.54) is 18.4 Å². The number of amides is 2. The summed E-state index contributed by atoms with van der Waals surface area (Å²) in [5.41, 5.74) is 0.640. The van der Waals surface area contributed by atoms with Gasteiger partial charge in [-0.25, -0.2) is 9.59 Å². The predicted molar refractivity (Wildman–Crippen MR) is 91.6 cm³/mol. The first-order chi connectivity index (χ1) is 11.1. The molecule has 0 atom stereocenters. The van der Waals surface area contributed by atoms with Crippen LogP contribution in [0, 0.1) is 0 Å². The van der Waals surface area contributed by atoms with Gasteiger partial charge in [0.1, 0.15) is 0 Å². The molecule has 2 amide bonds. The highest BCUT2D eigenvalue weighted by Gasteiger charge is 2.20. The summed E-state index contributed by atoms with van der Waals surface area (Å²) in [4.78, 5) is 24.1. The fraction of sp³-hybridized carbons (Fsp3) is 0.375. The highest BCUT2D eigenvalue weighted by atomic mass is 32.1. The number of nitrogens with one attached hydrogen (secondary N) is 2. The quantitative estimate of drug-likeness (QED) is 0.790. The monoisotopic (exact) mass is 336 g/mol. The van der Waals surface area contributed by atoms with Gasteiger partial charge in [0.2, 0.25) is 0 Å². The molecular weight excluding hydrogens is 316 g/mol. The van der Waals surface area contributed by atoms with Crippen LogP contribution in [0.5, 0.6) is 5.75 Å². The van der Waals surface area contributed by atoms with E-state index in [2.05, 4.69) is 10.6 Å². The molecular formula is C16H20N2O4S. The molecule has 2 N–H and O–H groups in total. The Morgan fingerprint density at radius 2 is 2.04 bits per heavy atom. The summed E-state index contributed by atoms with van der Waals surface area (Å²) in [7, 11) is 1.34. The van der Waals surface area contributed by atoms with Gasteiger partial charge >= 0.3 is 12.0 Å². The van der Waals surface area contributed by atoms with Gasteiger partial charge in [-0.05, 0) is 31.5 Å². The minimum atomic E-state index is -0.426. The number of carbonyl (C=O) groups is 2. The van der Waals surface area contributed by atoms with Gasteiger partial charge < -0.3 is 20.1 Å². The van der Waals surface area contributed by atoms with Crippen molar-refractivity contribution in [1.82, 2.24) is 5.32 Å². The summed E-state index contributed by atoms with van der Waals surface area (Å²) in [6.07, 6.45) is 0.869. The van der Waals surface area contributed by atoms with Crippen molar-refractivity contribution in [2.45, 2.75) is 20.3 Å². The van der Waals surface area contributed by atoms with Crippen molar-refractivity contribution in [1.29, 1.82) is 0 Å². The zero-order chi connectivity index (χ0) is 16.8. The van der Waals surface area contributed by atoms with Crippen molar-refractivity contribution in [2.75, 3.05) is 25.6 Å². The molecule has 2 rings (SSSR count). The number of rotatable bonds is 6. The van der Waals surface area contributed by atoms with Gasteiger partial charge in [-0.2, -0.15) is 0 Å². The van der Waals surface area contributed by atoms with E-state index < -0.39 is 5.97 Å². The maximum Gasteiger partial charge on any atom is 0.351 e. The number of methoxy groups -OCH3 is 1. The Morgan fingerprint density at radius 3 is 2.70 bits per heavy atom. The molecule has 0 fully saturated rings. The van der Waals surface area contributed by atoms with Crippen molar-refractivity contribution in [3.05, 3.63) is 23.1 Å². The van der Waals surface area contributed by atoms with Gasteiger partial charge in [-0.15, -0.1) is 11.3 Å². The first kappa shape index (κ1) is 17.1. The van der Waals surface area contributed by atoms with Crippen molar-refractivity contribution >= 4 is 39.1 Å². The SMILES string of the molecule is CCCNC(=O)Nc1ccc2sc(C(=O)OC)c(OCC)c2c1. The summed E-state index contributed by atoms with van der Waals surface area (Å²) >= 11 is 1.31. The highest BCUT2D eigenvalue weighted by Crippen LogP contribution is 2.39. The van der Waals surface area contributed by atoms with Crippen molar-refractivity contribution in [2.24, 2.45) is 0 Å². The molecule has 0 aliphatic carbocycles. The summed E-state index contributed by atoms with van der Waals surface area (Å²) in [6.45, 7) is 4.89. The molecule has 1 heterocycles. The largest absolute Gasteiger partial charge is 0.491 e. The summed E-state index contributed by atoms with van der Waals surface area (Å²) in [6, 6.07) is 5.19. The molecule has 124 valence electrons. The smallest absolute Gasteiger partial charge is 0.351 e. The third-order valence-electron chi connectivity index (χ3n) is 3.10. The zero-order valence-electron chi connectivity index (χ0n) is 13.4. The number of hydrogen-bond donors (Lipinski definition) is 2. The van der Waals surface area contributed by atoms with Gasteiger partial charge in [0, 0.05) is 22.3 Å². The first-order valence-corrected chi connectivity index (χ1v) is 8.24. The molecule has 2 aromatic rings. The number of thiophene rings is 1. The minimum Gasteiger partial charge on any atom is -0.491 e. The highest BCUT2D eigenvalue weighted by molar-refractivity contribution is 7.21. The second-order valence-electron chi connectivity index (χ2n) is 4.78. The number of hydrogen-bond acceptors (Lipinski definition) is 5. The predicted octanol–water partition coefficient (Wildman–Crippen LogP) is 3.62. The molecule has 0 bridgehead atoms. The normalized spacial score (nSPS) is 10.4. The Kier molecular flexibility index (Phi) is 5.81. The maximum atomic E-state index is 11.9. The lowest BCUT2D eigenvalue weighted by atomic mass is 10.2. The van der Waals surface area contributed by atoms with E-state index >= 15 is 0 Å². The number of anilines is 1. The van der Waals surface area contributed by atoms with Gasteiger partial charge in [-0.1, -0.05) is 6.92 Å². The molecule has 1 aromatic heterocycles. The van der Waals surface area contributed by atoms with Gasteiger partial charge in [-0.3, -0.25) is 0 Å². The Bertz CT molecular complexity index is 711. The van der Waals surface area contributed by atoms with Gasteiger partial charge in [0.05, 0.1) is 13.7 Å². The lowest BCUT2D eigenvalue weighted by Crippen LogP contribution is -2.29. The van der Waals surface area contributed by atoms with Crippen LogP contribution in [0.4, 0.5) is 10.5 Å². The van der Waals surface area contributed by atoms with E-state index in [9.17, 15) is 9.59 Å². The number of urea groups is 1. The van der Waals surface area contributed by atoms with E-state index in [4.69, 9.17) is 9.47 Å². The molecule has 0 unspecified atom stereocenters. The van der Waals surface area contributed by atoms with Crippen molar-refractivity contribution in [3.63, 3.8) is 0 Å². The van der Waals surface area contributed by atoms with Crippen molar-refractivity contribution < 1.29 is 19.1 Å². The zero-order valence-corrected chi connectivity index (χ0v) is 14.2. The molecule has 7 heteroatoms. The fourth-order valence-electron chi connectivity index (χ4n) is 2.08. The Labute approximate surface area is 138 Å². The Hall–Kier alpha value is -2.28. The molecule has 1 aromatic carbocycles. The number of benzene rings is 1. The van der Waals surface area contributed by atoms with Crippen LogP contribution in [-0.4, -0.2) is 32.3 Å². The summed E-state index contributed by atoms with van der Waals surface area (Å²) < 4.78 is 11.3. The van der Waals surface area contributed by atoms with Gasteiger partial charge in [0.15, 0.2) is 10.6 Å². The third kappa shape index (κ3) is 3.92. The third-order valence-corrected chi connectivity index (χ3v) is 4.23. The van der Waals surface area contributed by atoms with E-state index in [0.29, 0.717) is 29.5 Å². The van der Waals surface area contributed by atoms with Crippen LogP contribution in [-0.2, 0) is 4.74 Å². The Balaban J connectivity index is 2.35. The van der Waals surface area contributed by atoms with Crippen LogP contribution < -0.4 is 15.4 Å². The molecule has 0 aliphatic rings. The van der Waals surface area contributed by atoms with E-state index in [1.807, 2.05) is 19.9 Å². The maximum absolute atomic E-state index is 11.9. The summed E-state index contributed by atoms with van der Waals surface area (Å²) in [5, 5.41) is 6.30. The molecule has 0 saturated heterocycles. The number of ether oxygens (including phenoxy) is 2. The Morgan fingerprint density at radius 1 is 1.26 bits per heavy atom. The molecule has 23 heavy (non-hydrogen) atoms. The van der Waals surface area contributed by atoms with Crippen molar-refractivity contribution in [3.8, 4) is 5.75 Å². The molecule has 0 aliphatic heterocycles. The summed E-state index contributed by atoms with van der Waals surface area (Å²) in [5.74, 6) is 0.0711. The van der Waals surface area contributed by atoms with Crippen LogP contribution in [0.3, 0.4) is 0 Å². The number of fused-ring (bicyclic) bond motifs is 1. The lowest BCUT2D eigenvalue weighted by Gasteiger charge is -2.08. The topological polar surface area (TPSA) is 76.7 Å². The average Bonchev–Trinajstić information content (AvgIpc) is 2.91. The number of carbonyl (C=O) groups excluding carboxylic acids is 2. The fourth-order valence-corrected chi connectivity index (χ4v) is 3.13. The molecule has 0 radical (unpaired) electrons. The average molecular weight is 336 g/mol. The second kappa shape index (κ2) is 7.82. The van der Waals surface area contributed by atoms with E-state index in [1.54, 1.807) is 12.1 Å². The number of esters is 1. The van der Waals surface area contributed by atoms with E-state index in [0.717, 1.165) is 16.5 Å². The lowest BCUT2D eigenvalue weighted by molar-refractivity contribution is 0.0602. The second-order valence-corrected chi connectivity index (χ2v) is 5.83. The standard InChI is InChI=1S/C16H20N2O4S/c1-4-8-17-16(20)18-10-6-7-12-11(9-10)13(22-5-2)14(23-12)15(19)21-3/h6-7,9H,4-5,8H2,1-3H3,(H2,17,18,20). The van der Waals surface area contributed by atoms with Gasteiger partial charge in [0.25, 0.3) is 0 Å². The molecule has 0 spiro atoms.